The molecule has 0 radical (unpaired) electrons. The summed E-state index contributed by atoms with van der Waals surface area (Å²) in [5, 5.41) is 0. The SMILES string of the molecule is NCCC1CN(C(=O)c2ccccc2F)C1. The summed E-state index contributed by atoms with van der Waals surface area (Å²) in [4.78, 5) is 13.5. The first-order valence-electron chi connectivity index (χ1n) is 5.46. The van der Waals surface area contributed by atoms with Crippen LogP contribution in [0.1, 0.15) is 16.8 Å². The van der Waals surface area contributed by atoms with Crippen LogP contribution in [0.4, 0.5) is 4.39 Å². The van der Waals surface area contributed by atoms with E-state index in [9.17, 15) is 9.18 Å². The second-order valence-electron chi connectivity index (χ2n) is 4.13. The molecule has 1 saturated heterocycles. The van der Waals surface area contributed by atoms with Gasteiger partial charge in [-0.1, -0.05) is 12.1 Å². The smallest absolute Gasteiger partial charge is 0.256 e. The Labute approximate surface area is 94.0 Å². The van der Waals surface area contributed by atoms with E-state index in [0.717, 1.165) is 6.42 Å². The number of nitrogens with two attached hydrogens (primary N) is 1. The lowest BCUT2D eigenvalue weighted by atomic mass is 9.95. The Balaban J connectivity index is 1.98. The predicted molar refractivity (Wildman–Crippen MR) is 59.5 cm³/mol. The van der Waals surface area contributed by atoms with Crippen LogP contribution < -0.4 is 5.73 Å². The summed E-state index contributed by atoms with van der Waals surface area (Å²) in [5.74, 6) is -0.179. The molecule has 0 atom stereocenters. The van der Waals surface area contributed by atoms with Crippen LogP contribution in [0.25, 0.3) is 0 Å². The molecule has 2 rings (SSSR count). The molecule has 0 aromatic heterocycles. The Morgan fingerprint density at radius 2 is 2.12 bits per heavy atom. The Bertz CT molecular complexity index is 388. The lowest BCUT2D eigenvalue weighted by molar-refractivity contribution is 0.0485. The van der Waals surface area contributed by atoms with Crippen molar-refractivity contribution in [3.8, 4) is 0 Å². The minimum atomic E-state index is -0.449. The minimum absolute atomic E-state index is 0.161. The van der Waals surface area contributed by atoms with Crippen molar-refractivity contribution in [2.45, 2.75) is 6.42 Å². The maximum atomic E-state index is 13.3. The molecule has 1 heterocycles. The molecule has 0 saturated carbocycles. The van der Waals surface area contributed by atoms with E-state index in [4.69, 9.17) is 5.73 Å². The molecule has 3 nitrogen and oxygen atoms in total. The molecular weight excluding hydrogens is 207 g/mol. The molecule has 1 amide bonds. The van der Waals surface area contributed by atoms with Crippen molar-refractivity contribution >= 4 is 5.91 Å². The van der Waals surface area contributed by atoms with E-state index < -0.39 is 5.82 Å². The number of hydrogen-bond donors (Lipinski definition) is 1. The van der Waals surface area contributed by atoms with Crippen LogP contribution in [-0.2, 0) is 0 Å². The number of carbonyl (C=O) groups is 1. The van der Waals surface area contributed by atoms with Crippen molar-refractivity contribution in [2.24, 2.45) is 11.7 Å². The Morgan fingerprint density at radius 1 is 1.44 bits per heavy atom. The average Bonchev–Trinajstić information content (AvgIpc) is 2.22. The number of nitrogens with zero attached hydrogens (tertiary/aromatic N) is 1. The molecule has 16 heavy (non-hydrogen) atoms. The number of hydrogen-bond acceptors (Lipinski definition) is 2. The van der Waals surface area contributed by atoms with Gasteiger partial charge in [-0.15, -0.1) is 0 Å². The Morgan fingerprint density at radius 3 is 2.75 bits per heavy atom. The summed E-state index contributed by atoms with van der Waals surface area (Å²) >= 11 is 0. The molecule has 4 heteroatoms. The van der Waals surface area contributed by atoms with Crippen molar-refractivity contribution in [2.75, 3.05) is 19.6 Å². The van der Waals surface area contributed by atoms with Crippen LogP contribution in [0.3, 0.4) is 0 Å². The topological polar surface area (TPSA) is 46.3 Å². The third kappa shape index (κ3) is 2.07. The van der Waals surface area contributed by atoms with Gasteiger partial charge in [-0.25, -0.2) is 4.39 Å². The van der Waals surface area contributed by atoms with Gasteiger partial charge in [-0.2, -0.15) is 0 Å². The third-order valence-electron chi connectivity index (χ3n) is 2.92. The second kappa shape index (κ2) is 4.61. The van der Waals surface area contributed by atoms with E-state index in [1.165, 1.54) is 12.1 Å². The molecule has 1 aliphatic rings. The predicted octanol–water partition coefficient (Wildman–Crippen LogP) is 1.25. The van der Waals surface area contributed by atoms with Crippen LogP contribution in [0.2, 0.25) is 0 Å². The molecule has 1 aliphatic heterocycles. The standard InChI is InChI=1S/C12H15FN2O/c13-11-4-2-1-3-10(11)12(16)15-7-9(8-15)5-6-14/h1-4,9H,5-8,14H2. The van der Waals surface area contributed by atoms with E-state index in [-0.39, 0.29) is 11.5 Å². The van der Waals surface area contributed by atoms with Gasteiger partial charge in [0.15, 0.2) is 0 Å². The Hall–Kier alpha value is -1.42. The van der Waals surface area contributed by atoms with Gasteiger partial charge in [-0.3, -0.25) is 4.79 Å². The van der Waals surface area contributed by atoms with Gasteiger partial charge in [0.2, 0.25) is 0 Å². The summed E-state index contributed by atoms with van der Waals surface area (Å²) in [6.07, 6.45) is 0.932. The highest BCUT2D eigenvalue weighted by atomic mass is 19.1. The molecule has 0 spiro atoms. The number of amides is 1. The number of carbonyl (C=O) groups excluding carboxylic acids is 1. The van der Waals surface area contributed by atoms with E-state index in [1.807, 2.05) is 0 Å². The first kappa shape index (κ1) is 11.1. The molecule has 1 aromatic rings. The highest BCUT2D eigenvalue weighted by Gasteiger charge is 2.31. The Kier molecular flexibility index (Phi) is 3.19. The second-order valence-corrected chi connectivity index (χ2v) is 4.13. The first-order valence-corrected chi connectivity index (χ1v) is 5.46. The van der Waals surface area contributed by atoms with E-state index >= 15 is 0 Å². The minimum Gasteiger partial charge on any atom is -0.338 e. The molecule has 1 aromatic carbocycles. The number of rotatable bonds is 3. The van der Waals surface area contributed by atoms with E-state index in [1.54, 1.807) is 17.0 Å². The maximum absolute atomic E-state index is 13.3. The lowest BCUT2D eigenvalue weighted by Gasteiger charge is -2.39. The summed E-state index contributed by atoms with van der Waals surface area (Å²) < 4.78 is 13.3. The maximum Gasteiger partial charge on any atom is 0.256 e. The molecule has 0 bridgehead atoms. The normalized spacial score (nSPS) is 16.0. The monoisotopic (exact) mass is 222 g/mol. The van der Waals surface area contributed by atoms with Crippen molar-refractivity contribution in [3.63, 3.8) is 0 Å². The first-order chi connectivity index (χ1) is 7.72. The zero-order chi connectivity index (χ0) is 11.5. The van der Waals surface area contributed by atoms with E-state index in [2.05, 4.69) is 0 Å². The van der Waals surface area contributed by atoms with Crippen LogP contribution in [-0.4, -0.2) is 30.4 Å². The lowest BCUT2D eigenvalue weighted by Crippen LogP contribution is -2.50. The van der Waals surface area contributed by atoms with Crippen LogP contribution in [0, 0.1) is 11.7 Å². The largest absolute Gasteiger partial charge is 0.338 e. The van der Waals surface area contributed by atoms with Gasteiger partial charge in [0.1, 0.15) is 5.82 Å². The average molecular weight is 222 g/mol. The van der Waals surface area contributed by atoms with Crippen LogP contribution >= 0.6 is 0 Å². The van der Waals surface area contributed by atoms with Gasteiger partial charge in [0.25, 0.3) is 5.91 Å². The van der Waals surface area contributed by atoms with Crippen LogP contribution in [0.5, 0.6) is 0 Å². The molecule has 0 aliphatic carbocycles. The third-order valence-corrected chi connectivity index (χ3v) is 2.92. The van der Waals surface area contributed by atoms with Crippen molar-refractivity contribution < 1.29 is 9.18 Å². The highest BCUT2D eigenvalue weighted by Crippen LogP contribution is 2.21. The molecule has 2 N–H and O–H groups in total. The number of likely N-dealkylation sites (tertiary alicyclic amines) is 1. The van der Waals surface area contributed by atoms with Gasteiger partial charge in [0, 0.05) is 13.1 Å². The summed E-state index contributed by atoms with van der Waals surface area (Å²) in [6, 6.07) is 6.09. The van der Waals surface area contributed by atoms with E-state index in [0.29, 0.717) is 25.6 Å². The van der Waals surface area contributed by atoms with Crippen molar-refractivity contribution in [1.29, 1.82) is 0 Å². The molecule has 0 unspecified atom stereocenters. The fourth-order valence-electron chi connectivity index (χ4n) is 1.96. The number of benzene rings is 1. The van der Waals surface area contributed by atoms with Gasteiger partial charge >= 0.3 is 0 Å². The fourth-order valence-corrected chi connectivity index (χ4v) is 1.96. The summed E-state index contributed by atoms with van der Waals surface area (Å²) in [6.45, 7) is 2.04. The van der Waals surface area contributed by atoms with Crippen molar-refractivity contribution in [3.05, 3.63) is 35.6 Å². The van der Waals surface area contributed by atoms with Gasteiger partial charge in [-0.05, 0) is 31.0 Å². The van der Waals surface area contributed by atoms with Crippen molar-refractivity contribution in [1.82, 2.24) is 4.90 Å². The highest BCUT2D eigenvalue weighted by molar-refractivity contribution is 5.94. The fraction of sp³-hybridized carbons (Fsp3) is 0.417. The zero-order valence-corrected chi connectivity index (χ0v) is 9.03. The van der Waals surface area contributed by atoms with Gasteiger partial charge in [0.05, 0.1) is 5.56 Å². The van der Waals surface area contributed by atoms with Gasteiger partial charge < -0.3 is 10.6 Å². The molecule has 1 fully saturated rings. The molecular formula is C12H15FN2O. The molecule has 86 valence electrons. The van der Waals surface area contributed by atoms with Crippen LogP contribution in [0.15, 0.2) is 24.3 Å². The number of halogens is 1. The summed E-state index contributed by atoms with van der Waals surface area (Å²) in [5.41, 5.74) is 5.59. The zero-order valence-electron chi connectivity index (χ0n) is 9.03. The summed E-state index contributed by atoms with van der Waals surface area (Å²) in [7, 11) is 0. The quantitative estimate of drug-likeness (QED) is 0.836.